The van der Waals surface area contributed by atoms with Gasteiger partial charge < -0.3 is 0 Å². The molecular weight excluding hydrogens is 450 g/mol. The second-order valence-electron chi connectivity index (χ2n) is 10.7. The van der Waals surface area contributed by atoms with Crippen molar-refractivity contribution in [3.63, 3.8) is 0 Å². The lowest BCUT2D eigenvalue weighted by Crippen LogP contribution is -2.38. The Labute approximate surface area is 212 Å². The van der Waals surface area contributed by atoms with Gasteiger partial charge in [-0.2, -0.15) is 5.21 Å². The summed E-state index contributed by atoms with van der Waals surface area (Å²) in [4.78, 5) is 18.4. The first-order chi connectivity index (χ1) is 17.5. The van der Waals surface area contributed by atoms with Gasteiger partial charge in [0.1, 0.15) is 0 Å². The number of H-pyrrole nitrogens is 1. The van der Waals surface area contributed by atoms with E-state index < -0.39 is 0 Å². The summed E-state index contributed by atoms with van der Waals surface area (Å²) in [6, 6.07) is 8.56. The van der Waals surface area contributed by atoms with E-state index in [-0.39, 0.29) is 11.1 Å². The molecule has 3 heterocycles. The molecular formula is C28H37N7O. The van der Waals surface area contributed by atoms with Crippen LogP contribution in [0.25, 0.3) is 11.4 Å². The molecule has 1 aliphatic heterocycles. The fraction of sp³-hybridized carbons (Fsp3) is 0.536. The molecule has 0 amide bonds. The van der Waals surface area contributed by atoms with Gasteiger partial charge in [0, 0.05) is 47.9 Å². The van der Waals surface area contributed by atoms with Gasteiger partial charge in [-0.15, -0.1) is 10.2 Å². The van der Waals surface area contributed by atoms with Gasteiger partial charge in [-0.3, -0.25) is 14.1 Å². The third kappa shape index (κ3) is 4.61. The number of allylic oxidation sites excluding steroid dienone is 1. The van der Waals surface area contributed by atoms with Crippen molar-refractivity contribution in [2.45, 2.75) is 83.7 Å². The van der Waals surface area contributed by atoms with Crippen molar-refractivity contribution in [3.05, 3.63) is 64.5 Å². The second kappa shape index (κ2) is 10.4. The molecule has 5 rings (SSSR count). The maximum Gasteiger partial charge on any atom is 0.328 e. The van der Waals surface area contributed by atoms with E-state index in [1.165, 1.54) is 12.8 Å². The molecule has 0 spiro atoms. The Balaban J connectivity index is 1.57. The monoisotopic (exact) mass is 487 g/mol. The van der Waals surface area contributed by atoms with Crippen molar-refractivity contribution in [2.24, 2.45) is 16.8 Å². The highest BCUT2D eigenvalue weighted by molar-refractivity contribution is 5.65. The zero-order valence-corrected chi connectivity index (χ0v) is 21.6. The summed E-state index contributed by atoms with van der Waals surface area (Å²) < 4.78 is 4.13. The van der Waals surface area contributed by atoms with Gasteiger partial charge in [0.25, 0.3) is 0 Å². The number of nitrogens with zero attached hydrogens (tertiary/aromatic N) is 6. The van der Waals surface area contributed by atoms with E-state index >= 15 is 0 Å². The van der Waals surface area contributed by atoms with Crippen LogP contribution in [0.2, 0.25) is 0 Å². The molecule has 36 heavy (non-hydrogen) atoms. The number of hydrogen-bond donors (Lipinski definition) is 1. The molecule has 3 unspecified atom stereocenters. The summed E-state index contributed by atoms with van der Waals surface area (Å²) in [6.07, 6.45) is 15.4. The van der Waals surface area contributed by atoms with Crippen LogP contribution in [0.5, 0.6) is 0 Å². The number of aromatic nitrogens is 6. The van der Waals surface area contributed by atoms with Gasteiger partial charge in [-0.25, -0.2) is 4.79 Å². The number of rotatable bonds is 9. The van der Waals surface area contributed by atoms with E-state index in [1.807, 2.05) is 24.5 Å². The number of aromatic amines is 1. The predicted octanol–water partition coefficient (Wildman–Crippen LogP) is 5.10. The molecule has 1 aromatic carbocycles. The van der Waals surface area contributed by atoms with Gasteiger partial charge in [0.15, 0.2) is 0 Å². The summed E-state index contributed by atoms with van der Waals surface area (Å²) in [6.45, 7) is 7.37. The SMILES string of the molecule is CCCCc1cn(C2CCCC2C(C)C)c(=O)n1CC1(c2cccc(-c3nn[nH]n3)c2)C=CN=CC1. The van der Waals surface area contributed by atoms with Crippen molar-refractivity contribution in [3.8, 4) is 11.4 Å². The molecule has 8 heteroatoms. The van der Waals surface area contributed by atoms with Gasteiger partial charge in [-0.05, 0) is 60.8 Å². The molecule has 3 aromatic rings. The molecule has 0 radical (unpaired) electrons. The number of tetrazole rings is 1. The smallest absolute Gasteiger partial charge is 0.296 e. The lowest BCUT2D eigenvalue weighted by Gasteiger charge is -2.32. The minimum Gasteiger partial charge on any atom is -0.296 e. The summed E-state index contributed by atoms with van der Waals surface area (Å²) in [7, 11) is 0. The topological polar surface area (TPSA) is 93.8 Å². The van der Waals surface area contributed by atoms with Crippen LogP contribution in [0, 0.1) is 11.8 Å². The van der Waals surface area contributed by atoms with Gasteiger partial charge >= 0.3 is 5.69 Å². The zero-order chi connectivity index (χ0) is 25.1. The standard InChI is InChI=1S/C28H37N7O/c1-4-5-10-23-18-34(25-12-7-11-24(25)20(2)3)27(36)35(23)19-28(13-15-29-16-14-28)22-9-6-8-21(17-22)26-30-32-33-31-26/h6,8-9,13,15-18,20,24-25H,4-5,7,10-12,14,19H2,1-3H3,(H,30,31,32,33). The Hall–Kier alpha value is -3.29. The molecule has 2 aliphatic rings. The van der Waals surface area contributed by atoms with Crippen molar-refractivity contribution < 1.29 is 0 Å². The van der Waals surface area contributed by atoms with Gasteiger partial charge in [-0.1, -0.05) is 57.9 Å². The van der Waals surface area contributed by atoms with Crippen LogP contribution in [-0.4, -0.2) is 36.0 Å². The van der Waals surface area contributed by atoms with Crippen LogP contribution in [-0.2, 0) is 18.4 Å². The van der Waals surface area contributed by atoms with Crippen molar-refractivity contribution in [1.29, 1.82) is 0 Å². The maximum atomic E-state index is 14.0. The molecule has 1 aliphatic carbocycles. The molecule has 1 saturated carbocycles. The van der Waals surface area contributed by atoms with E-state index in [4.69, 9.17) is 0 Å². The van der Waals surface area contributed by atoms with Crippen LogP contribution >= 0.6 is 0 Å². The Morgan fingerprint density at radius 2 is 2.14 bits per heavy atom. The van der Waals surface area contributed by atoms with Crippen molar-refractivity contribution in [1.82, 2.24) is 29.8 Å². The molecule has 0 saturated heterocycles. The minimum atomic E-state index is -0.383. The Kier molecular flexibility index (Phi) is 7.03. The Bertz CT molecular complexity index is 1280. The van der Waals surface area contributed by atoms with E-state index in [2.05, 4.69) is 79.9 Å². The number of benzene rings is 1. The number of aryl methyl sites for hydroxylation is 1. The van der Waals surface area contributed by atoms with Crippen LogP contribution in [0.3, 0.4) is 0 Å². The number of unbranched alkanes of at least 4 members (excludes halogenated alkanes) is 1. The van der Waals surface area contributed by atoms with E-state index in [0.717, 1.165) is 48.9 Å². The largest absolute Gasteiger partial charge is 0.328 e. The lowest BCUT2D eigenvalue weighted by atomic mass is 9.76. The Morgan fingerprint density at radius 1 is 1.25 bits per heavy atom. The minimum absolute atomic E-state index is 0.128. The first kappa shape index (κ1) is 24.4. The highest BCUT2D eigenvalue weighted by Gasteiger charge is 2.36. The zero-order valence-electron chi connectivity index (χ0n) is 21.6. The normalized spacial score (nSPS) is 23.7. The lowest BCUT2D eigenvalue weighted by molar-refractivity contribution is 0.287. The fourth-order valence-corrected chi connectivity index (χ4v) is 6.09. The highest BCUT2D eigenvalue weighted by Crippen LogP contribution is 2.40. The fourth-order valence-electron chi connectivity index (χ4n) is 6.09. The molecule has 1 N–H and O–H groups in total. The number of nitrogens with one attached hydrogen (secondary N) is 1. The van der Waals surface area contributed by atoms with Crippen molar-refractivity contribution in [2.75, 3.05) is 0 Å². The van der Waals surface area contributed by atoms with Crippen LogP contribution in [0.1, 0.15) is 76.6 Å². The summed E-state index contributed by atoms with van der Waals surface area (Å²) in [5.74, 6) is 1.69. The first-order valence-electron chi connectivity index (χ1n) is 13.4. The average molecular weight is 488 g/mol. The number of aliphatic imine (C=N–C) groups is 1. The molecule has 1 fully saturated rings. The molecule has 3 atom stereocenters. The third-order valence-electron chi connectivity index (χ3n) is 8.14. The summed E-state index contributed by atoms with van der Waals surface area (Å²) in [5.41, 5.74) is 2.91. The van der Waals surface area contributed by atoms with Gasteiger partial charge in [0.2, 0.25) is 5.82 Å². The number of hydrogen-bond acceptors (Lipinski definition) is 5. The molecule has 190 valence electrons. The highest BCUT2D eigenvalue weighted by atomic mass is 16.1. The van der Waals surface area contributed by atoms with E-state index in [0.29, 0.717) is 30.2 Å². The summed E-state index contributed by atoms with van der Waals surface area (Å²) >= 11 is 0. The third-order valence-corrected chi connectivity index (χ3v) is 8.14. The first-order valence-corrected chi connectivity index (χ1v) is 13.4. The molecule has 8 nitrogen and oxygen atoms in total. The molecule has 2 aromatic heterocycles. The van der Waals surface area contributed by atoms with E-state index in [1.54, 1.807) is 0 Å². The Morgan fingerprint density at radius 3 is 2.86 bits per heavy atom. The van der Waals surface area contributed by atoms with Crippen LogP contribution < -0.4 is 5.69 Å². The van der Waals surface area contributed by atoms with Crippen LogP contribution in [0.15, 0.2) is 52.5 Å². The quantitative estimate of drug-likeness (QED) is 0.455. The van der Waals surface area contributed by atoms with Crippen molar-refractivity contribution >= 4 is 6.21 Å². The van der Waals surface area contributed by atoms with Crippen LogP contribution in [0.4, 0.5) is 0 Å². The van der Waals surface area contributed by atoms with E-state index in [9.17, 15) is 4.79 Å². The second-order valence-corrected chi connectivity index (χ2v) is 10.7. The average Bonchev–Trinajstić information content (AvgIpc) is 3.65. The molecule has 0 bridgehead atoms. The van der Waals surface area contributed by atoms with Gasteiger partial charge in [0.05, 0.1) is 0 Å². The number of imidazole rings is 1. The maximum absolute atomic E-state index is 14.0. The summed E-state index contributed by atoms with van der Waals surface area (Å²) in [5, 5.41) is 14.6. The predicted molar refractivity (Wildman–Crippen MR) is 142 cm³/mol.